The highest BCUT2D eigenvalue weighted by atomic mass is 32.2. The number of nitrogens with one attached hydrogen (secondary N) is 1. The molecule has 0 amide bonds. The SMILES string of the molecule is CNc1cccc(CSc2nc(C)c(C)c(C)n2)n1. The van der Waals surface area contributed by atoms with Gasteiger partial charge in [0.05, 0.1) is 5.69 Å². The molecule has 0 bridgehead atoms. The molecule has 5 heteroatoms. The summed E-state index contributed by atoms with van der Waals surface area (Å²) in [5.74, 6) is 1.66. The van der Waals surface area contributed by atoms with Crippen LogP contribution in [-0.2, 0) is 5.75 Å². The Hall–Kier alpha value is -1.62. The molecule has 2 aromatic rings. The van der Waals surface area contributed by atoms with Crippen molar-refractivity contribution in [1.82, 2.24) is 15.0 Å². The molecule has 0 fully saturated rings. The van der Waals surface area contributed by atoms with Gasteiger partial charge in [-0.15, -0.1) is 0 Å². The fraction of sp³-hybridized carbons (Fsp3) is 0.357. The van der Waals surface area contributed by atoms with Gasteiger partial charge in [-0.3, -0.25) is 0 Å². The number of thioether (sulfide) groups is 1. The second-order valence-electron chi connectivity index (χ2n) is 4.35. The molecule has 0 saturated heterocycles. The lowest BCUT2D eigenvalue weighted by Crippen LogP contribution is -1.99. The third kappa shape index (κ3) is 3.44. The van der Waals surface area contributed by atoms with E-state index < -0.39 is 0 Å². The Kier molecular flexibility index (Phi) is 4.37. The smallest absolute Gasteiger partial charge is 0.188 e. The van der Waals surface area contributed by atoms with Crippen molar-refractivity contribution in [2.45, 2.75) is 31.7 Å². The van der Waals surface area contributed by atoms with E-state index in [-0.39, 0.29) is 0 Å². The highest BCUT2D eigenvalue weighted by Crippen LogP contribution is 2.21. The molecule has 2 rings (SSSR count). The van der Waals surface area contributed by atoms with Gasteiger partial charge in [0.2, 0.25) is 0 Å². The van der Waals surface area contributed by atoms with Gasteiger partial charge < -0.3 is 5.32 Å². The Labute approximate surface area is 118 Å². The number of hydrogen-bond acceptors (Lipinski definition) is 5. The Balaban J connectivity index is 2.10. The van der Waals surface area contributed by atoms with Crippen LogP contribution in [0.25, 0.3) is 0 Å². The monoisotopic (exact) mass is 274 g/mol. The average Bonchev–Trinajstić information content (AvgIpc) is 2.42. The number of pyridine rings is 1. The summed E-state index contributed by atoms with van der Waals surface area (Å²) in [5.41, 5.74) is 4.29. The number of nitrogens with zero attached hydrogens (tertiary/aromatic N) is 3. The lowest BCUT2D eigenvalue weighted by Gasteiger charge is -2.07. The van der Waals surface area contributed by atoms with Crippen LogP contribution < -0.4 is 5.32 Å². The van der Waals surface area contributed by atoms with E-state index >= 15 is 0 Å². The molecule has 0 atom stereocenters. The quantitative estimate of drug-likeness (QED) is 0.685. The summed E-state index contributed by atoms with van der Waals surface area (Å²) in [6, 6.07) is 5.97. The lowest BCUT2D eigenvalue weighted by molar-refractivity contribution is 0.880. The van der Waals surface area contributed by atoms with Crippen LogP contribution in [-0.4, -0.2) is 22.0 Å². The zero-order valence-electron chi connectivity index (χ0n) is 11.7. The minimum absolute atomic E-state index is 0.775. The second kappa shape index (κ2) is 6.02. The van der Waals surface area contributed by atoms with Gasteiger partial charge in [0.15, 0.2) is 5.16 Å². The van der Waals surface area contributed by atoms with Gasteiger partial charge in [-0.2, -0.15) is 0 Å². The van der Waals surface area contributed by atoms with Crippen LogP contribution in [0.1, 0.15) is 22.6 Å². The van der Waals surface area contributed by atoms with Gasteiger partial charge in [-0.1, -0.05) is 17.8 Å². The summed E-state index contributed by atoms with van der Waals surface area (Å²) in [7, 11) is 1.87. The van der Waals surface area contributed by atoms with Crippen molar-refractivity contribution in [1.29, 1.82) is 0 Å². The molecule has 2 heterocycles. The predicted molar refractivity (Wildman–Crippen MR) is 79.6 cm³/mol. The average molecular weight is 274 g/mol. The van der Waals surface area contributed by atoms with Gasteiger partial charge in [0.1, 0.15) is 5.82 Å². The topological polar surface area (TPSA) is 50.7 Å². The first-order valence-electron chi connectivity index (χ1n) is 6.18. The van der Waals surface area contributed by atoms with Crippen LogP contribution in [0.4, 0.5) is 5.82 Å². The normalized spacial score (nSPS) is 10.5. The fourth-order valence-corrected chi connectivity index (χ4v) is 2.48. The molecule has 100 valence electrons. The molecule has 0 aliphatic carbocycles. The third-order valence-electron chi connectivity index (χ3n) is 3.02. The van der Waals surface area contributed by atoms with E-state index in [9.17, 15) is 0 Å². The van der Waals surface area contributed by atoms with Crippen molar-refractivity contribution in [3.63, 3.8) is 0 Å². The van der Waals surface area contributed by atoms with Crippen LogP contribution in [0.15, 0.2) is 23.4 Å². The number of hydrogen-bond donors (Lipinski definition) is 1. The Morgan fingerprint density at radius 2 is 1.74 bits per heavy atom. The first kappa shape index (κ1) is 13.8. The summed E-state index contributed by atoms with van der Waals surface area (Å²) in [6.45, 7) is 6.10. The zero-order valence-corrected chi connectivity index (χ0v) is 12.5. The molecule has 0 aliphatic heterocycles. The fourth-order valence-electron chi connectivity index (χ4n) is 1.64. The first-order chi connectivity index (χ1) is 9.10. The maximum absolute atomic E-state index is 4.50. The maximum Gasteiger partial charge on any atom is 0.188 e. The summed E-state index contributed by atoms with van der Waals surface area (Å²) in [5, 5.41) is 3.86. The largest absolute Gasteiger partial charge is 0.373 e. The van der Waals surface area contributed by atoms with Gasteiger partial charge in [-0.25, -0.2) is 15.0 Å². The summed E-state index contributed by atoms with van der Waals surface area (Å²) < 4.78 is 0. The lowest BCUT2D eigenvalue weighted by atomic mass is 10.2. The first-order valence-corrected chi connectivity index (χ1v) is 7.17. The molecule has 4 nitrogen and oxygen atoms in total. The van der Waals surface area contributed by atoms with Crippen molar-refractivity contribution in [2.75, 3.05) is 12.4 Å². The van der Waals surface area contributed by atoms with E-state index in [1.54, 1.807) is 11.8 Å². The zero-order chi connectivity index (χ0) is 13.8. The van der Waals surface area contributed by atoms with Crippen LogP contribution in [0.2, 0.25) is 0 Å². The van der Waals surface area contributed by atoms with E-state index in [1.165, 1.54) is 5.56 Å². The molecule has 0 aliphatic rings. The standard InChI is InChI=1S/C14H18N4S/c1-9-10(2)16-14(17-11(9)3)19-8-12-6-5-7-13(15-4)18-12/h5-7H,8H2,1-4H3,(H,15,18). The molecule has 19 heavy (non-hydrogen) atoms. The van der Waals surface area contributed by atoms with E-state index in [0.717, 1.165) is 33.8 Å². The van der Waals surface area contributed by atoms with E-state index in [0.29, 0.717) is 0 Å². The molecule has 0 unspecified atom stereocenters. The van der Waals surface area contributed by atoms with Crippen molar-refractivity contribution in [3.8, 4) is 0 Å². The molecule has 0 aromatic carbocycles. The van der Waals surface area contributed by atoms with Crippen LogP contribution in [0.3, 0.4) is 0 Å². The molecule has 2 aromatic heterocycles. The highest BCUT2D eigenvalue weighted by Gasteiger charge is 2.06. The summed E-state index contributed by atoms with van der Waals surface area (Å²) >= 11 is 1.62. The molecular formula is C14H18N4S. The van der Waals surface area contributed by atoms with Crippen LogP contribution >= 0.6 is 11.8 Å². The number of aromatic nitrogens is 3. The number of anilines is 1. The van der Waals surface area contributed by atoms with Crippen molar-refractivity contribution in [3.05, 3.63) is 40.8 Å². The van der Waals surface area contributed by atoms with Gasteiger partial charge in [-0.05, 0) is 38.5 Å². The molecule has 0 spiro atoms. The molecule has 0 saturated carbocycles. The Morgan fingerprint density at radius 3 is 2.37 bits per heavy atom. The summed E-state index contributed by atoms with van der Waals surface area (Å²) in [6.07, 6.45) is 0. The number of rotatable bonds is 4. The van der Waals surface area contributed by atoms with Crippen LogP contribution in [0, 0.1) is 20.8 Å². The van der Waals surface area contributed by atoms with Gasteiger partial charge in [0, 0.05) is 24.2 Å². The minimum Gasteiger partial charge on any atom is -0.373 e. The van der Waals surface area contributed by atoms with E-state index in [2.05, 4.69) is 27.2 Å². The molecule has 1 N–H and O–H groups in total. The third-order valence-corrected chi connectivity index (χ3v) is 3.91. The summed E-state index contributed by atoms with van der Waals surface area (Å²) in [4.78, 5) is 13.5. The predicted octanol–water partition coefficient (Wildman–Crippen LogP) is 3.13. The van der Waals surface area contributed by atoms with Gasteiger partial charge >= 0.3 is 0 Å². The van der Waals surface area contributed by atoms with Crippen molar-refractivity contribution >= 4 is 17.6 Å². The molecular weight excluding hydrogens is 256 g/mol. The Morgan fingerprint density at radius 1 is 1.05 bits per heavy atom. The molecule has 0 radical (unpaired) electrons. The number of aryl methyl sites for hydroxylation is 2. The van der Waals surface area contributed by atoms with Crippen LogP contribution in [0.5, 0.6) is 0 Å². The van der Waals surface area contributed by atoms with Crippen molar-refractivity contribution < 1.29 is 0 Å². The highest BCUT2D eigenvalue weighted by molar-refractivity contribution is 7.98. The van der Waals surface area contributed by atoms with Crippen molar-refractivity contribution in [2.24, 2.45) is 0 Å². The Bertz CT molecular complexity index is 560. The van der Waals surface area contributed by atoms with E-state index in [4.69, 9.17) is 0 Å². The second-order valence-corrected chi connectivity index (χ2v) is 5.30. The maximum atomic E-state index is 4.50. The minimum atomic E-state index is 0.775. The van der Waals surface area contributed by atoms with E-state index in [1.807, 2.05) is 39.1 Å². The van der Waals surface area contributed by atoms with Gasteiger partial charge in [0.25, 0.3) is 0 Å².